The maximum absolute atomic E-state index is 12.1. The number of aliphatic hydroxyl groups is 1. The van der Waals surface area contributed by atoms with Gasteiger partial charge in [0.25, 0.3) is 0 Å². The van der Waals surface area contributed by atoms with Crippen LogP contribution in [0.15, 0.2) is 0 Å². The normalized spacial score (nSPS) is 34.4. The molecule has 2 saturated heterocycles. The Hall–Kier alpha value is -1.14. The fourth-order valence-electron chi connectivity index (χ4n) is 2.21. The van der Waals surface area contributed by atoms with Crippen LogP contribution in [0.1, 0.15) is 13.3 Å². The van der Waals surface area contributed by atoms with Crippen molar-refractivity contribution in [3.8, 4) is 0 Å². The SMILES string of the molecule is CC1CCN(C(=O)C2CNC(=O)CN2)CC1O. The van der Waals surface area contributed by atoms with Crippen molar-refractivity contribution >= 4 is 11.8 Å². The van der Waals surface area contributed by atoms with Crippen molar-refractivity contribution in [3.05, 3.63) is 0 Å². The lowest BCUT2D eigenvalue weighted by Crippen LogP contribution is -2.60. The van der Waals surface area contributed by atoms with Gasteiger partial charge in [-0.1, -0.05) is 6.92 Å². The molecule has 0 aromatic carbocycles. The number of piperidine rings is 1. The number of nitrogens with one attached hydrogen (secondary N) is 2. The van der Waals surface area contributed by atoms with E-state index in [9.17, 15) is 14.7 Å². The Bertz CT molecular complexity index is 311. The Kier molecular flexibility index (Phi) is 3.63. The third kappa shape index (κ3) is 2.76. The van der Waals surface area contributed by atoms with Crippen molar-refractivity contribution in [2.45, 2.75) is 25.5 Å². The van der Waals surface area contributed by atoms with Crippen LogP contribution >= 0.6 is 0 Å². The van der Waals surface area contributed by atoms with Gasteiger partial charge in [-0.2, -0.15) is 0 Å². The molecule has 0 radical (unpaired) electrons. The number of aliphatic hydroxyl groups excluding tert-OH is 1. The van der Waals surface area contributed by atoms with Gasteiger partial charge in [0.1, 0.15) is 6.04 Å². The highest BCUT2D eigenvalue weighted by atomic mass is 16.3. The molecular formula is C11H19N3O3. The molecule has 2 aliphatic heterocycles. The smallest absolute Gasteiger partial charge is 0.241 e. The lowest BCUT2D eigenvalue weighted by Gasteiger charge is -2.37. The molecule has 2 rings (SSSR count). The van der Waals surface area contributed by atoms with Crippen molar-refractivity contribution in [2.75, 3.05) is 26.2 Å². The van der Waals surface area contributed by atoms with Gasteiger partial charge in [0.2, 0.25) is 11.8 Å². The van der Waals surface area contributed by atoms with Crippen LogP contribution < -0.4 is 10.6 Å². The fraction of sp³-hybridized carbons (Fsp3) is 0.818. The number of likely N-dealkylation sites (tertiary alicyclic amines) is 1. The molecule has 17 heavy (non-hydrogen) atoms. The molecule has 6 heteroatoms. The minimum atomic E-state index is -0.439. The predicted octanol–water partition coefficient (Wildman–Crippen LogP) is -1.70. The first kappa shape index (κ1) is 12.3. The second-order valence-electron chi connectivity index (χ2n) is 4.86. The average molecular weight is 241 g/mol. The Labute approximate surface area is 100 Å². The Morgan fingerprint density at radius 1 is 1.53 bits per heavy atom. The molecule has 2 fully saturated rings. The summed E-state index contributed by atoms with van der Waals surface area (Å²) < 4.78 is 0. The molecule has 2 amide bonds. The summed E-state index contributed by atoms with van der Waals surface area (Å²) in [6.45, 7) is 3.59. The molecule has 3 N–H and O–H groups in total. The molecular weight excluding hydrogens is 222 g/mol. The molecule has 0 spiro atoms. The number of nitrogens with zero attached hydrogens (tertiary/aromatic N) is 1. The number of hydrogen-bond donors (Lipinski definition) is 3. The van der Waals surface area contributed by atoms with Gasteiger partial charge in [-0.3, -0.25) is 14.9 Å². The summed E-state index contributed by atoms with van der Waals surface area (Å²) in [5.41, 5.74) is 0. The second-order valence-corrected chi connectivity index (χ2v) is 4.86. The van der Waals surface area contributed by atoms with Crippen molar-refractivity contribution in [1.82, 2.24) is 15.5 Å². The average Bonchev–Trinajstić information content (AvgIpc) is 2.33. The minimum Gasteiger partial charge on any atom is -0.391 e. The van der Waals surface area contributed by atoms with E-state index < -0.39 is 6.10 Å². The number of piperazine rings is 1. The van der Waals surface area contributed by atoms with E-state index >= 15 is 0 Å². The first-order chi connectivity index (χ1) is 8.08. The van der Waals surface area contributed by atoms with Crippen molar-refractivity contribution in [2.24, 2.45) is 5.92 Å². The van der Waals surface area contributed by atoms with Crippen LogP contribution in [0.2, 0.25) is 0 Å². The summed E-state index contributed by atoms with van der Waals surface area (Å²) in [6.07, 6.45) is 0.386. The Balaban J connectivity index is 1.89. The minimum absolute atomic E-state index is 0.0315. The van der Waals surface area contributed by atoms with Gasteiger partial charge < -0.3 is 15.3 Å². The number of β-amino-alcohol motifs (C(OH)–C–C–N with tert-alkyl or cyclic N) is 1. The lowest BCUT2D eigenvalue weighted by molar-refractivity contribution is -0.138. The standard InChI is InChI=1S/C11H19N3O3/c1-7-2-3-14(6-9(7)15)11(17)8-4-13-10(16)5-12-8/h7-9,12,15H,2-6H2,1H3,(H,13,16). The van der Waals surface area contributed by atoms with Gasteiger partial charge in [0, 0.05) is 19.6 Å². The summed E-state index contributed by atoms with van der Waals surface area (Å²) in [7, 11) is 0. The van der Waals surface area contributed by atoms with Gasteiger partial charge in [0.15, 0.2) is 0 Å². The number of amides is 2. The number of hydrogen-bond acceptors (Lipinski definition) is 4. The topological polar surface area (TPSA) is 81.7 Å². The molecule has 0 aromatic rings. The lowest BCUT2D eigenvalue weighted by atomic mass is 9.95. The molecule has 3 unspecified atom stereocenters. The molecule has 3 atom stereocenters. The monoisotopic (exact) mass is 241 g/mol. The van der Waals surface area contributed by atoms with Crippen molar-refractivity contribution in [1.29, 1.82) is 0 Å². The zero-order chi connectivity index (χ0) is 12.4. The van der Waals surface area contributed by atoms with Gasteiger partial charge in [-0.15, -0.1) is 0 Å². The molecule has 0 aromatic heterocycles. The zero-order valence-corrected chi connectivity index (χ0v) is 9.98. The van der Waals surface area contributed by atoms with Crippen LogP contribution in [0, 0.1) is 5.92 Å². The van der Waals surface area contributed by atoms with Crippen LogP contribution in [0.25, 0.3) is 0 Å². The predicted molar refractivity (Wildman–Crippen MR) is 61.2 cm³/mol. The van der Waals surface area contributed by atoms with E-state index in [1.807, 2.05) is 6.92 Å². The molecule has 96 valence electrons. The quantitative estimate of drug-likeness (QED) is 0.511. The van der Waals surface area contributed by atoms with Gasteiger partial charge in [0.05, 0.1) is 12.6 Å². The van der Waals surface area contributed by atoms with E-state index in [0.717, 1.165) is 6.42 Å². The molecule has 2 heterocycles. The maximum atomic E-state index is 12.1. The van der Waals surface area contributed by atoms with Crippen LogP contribution in [0.3, 0.4) is 0 Å². The van der Waals surface area contributed by atoms with E-state index in [1.165, 1.54) is 0 Å². The van der Waals surface area contributed by atoms with E-state index in [-0.39, 0.29) is 30.3 Å². The highest BCUT2D eigenvalue weighted by molar-refractivity contribution is 5.86. The van der Waals surface area contributed by atoms with Crippen molar-refractivity contribution < 1.29 is 14.7 Å². The summed E-state index contributed by atoms with van der Waals surface area (Å²) in [5, 5.41) is 15.3. The van der Waals surface area contributed by atoms with Crippen molar-refractivity contribution in [3.63, 3.8) is 0 Å². The van der Waals surface area contributed by atoms with Crippen LogP contribution in [0.5, 0.6) is 0 Å². The maximum Gasteiger partial charge on any atom is 0.241 e. The Morgan fingerprint density at radius 3 is 2.88 bits per heavy atom. The molecule has 0 saturated carbocycles. The molecule has 2 aliphatic rings. The van der Waals surface area contributed by atoms with E-state index in [4.69, 9.17) is 0 Å². The highest BCUT2D eigenvalue weighted by Crippen LogP contribution is 2.17. The summed E-state index contributed by atoms with van der Waals surface area (Å²) in [6, 6.07) is -0.353. The van der Waals surface area contributed by atoms with Crippen LogP contribution in [-0.4, -0.2) is 60.1 Å². The third-order valence-electron chi connectivity index (χ3n) is 3.54. The van der Waals surface area contributed by atoms with E-state index in [2.05, 4.69) is 10.6 Å². The van der Waals surface area contributed by atoms with Gasteiger partial charge in [-0.05, 0) is 12.3 Å². The summed E-state index contributed by atoms with van der Waals surface area (Å²) in [4.78, 5) is 24.8. The number of carbonyl (C=O) groups is 2. The van der Waals surface area contributed by atoms with E-state index in [1.54, 1.807) is 4.90 Å². The first-order valence-corrected chi connectivity index (χ1v) is 6.05. The molecule has 0 aliphatic carbocycles. The fourth-order valence-corrected chi connectivity index (χ4v) is 2.21. The van der Waals surface area contributed by atoms with Gasteiger partial charge in [-0.25, -0.2) is 0 Å². The molecule has 6 nitrogen and oxygen atoms in total. The first-order valence-electron chi connectivity index (χ1n) is 6.05. The zero-order valence-electron chi connectivity index (χ0n) is 9.98. The van der Waals surface area contributed by atoms with Crippen LogP contribution in [0.4, 0.5) is 0 Å². The summed E-state index contributed by atoms with van der Waals surface area (Å²) >= 11 is 0. The highest BCUT2D eigenvalue weighted by Gasteiger charge is 2.32. The number of rotatable bonds is 1. The van der Waals surface area contributed by atoms with Gasteiger partial charge >= 0.3 is 0 Å². The third-order valence-corrected chi connectivity index (χ3v) is 3.54. The van der Waals surface area contributed by atoms with Crippen LogP contribution in [-0.2, 0) is 9.59 Å². The summed E-state index contributed by atoms with van der Waals surface area (Å²) in [5.74, 6) is 0.135. The Morgan fingerprint density at radius 2 is 2.29 bits per heavy atom. The largest absolute Gasteiger partial charge is 0.391 e. The molecule has 0 bridgehead atoms. The van der Waals surface area contributed by atoms with E-state index in [0.29, 0.717) is 19.6 Å². The number of carbonyl (C=O) groups excluding carboxylic acids is 2. The second kappa shape index (κ2) is 5.01.